The lowest BCUT2D eigenvalue weighted by atomic mass is 9.91. The Morgan fingerprint density at radius 1 is 1.09 bits per heavy atom. The largest absolute Gasteiger partial charge is 0.507 e. The first-order valence-electron chi connectivity index (χ1n) is 11.3. The van der Waals surface area contributed by atoms with E-state index in [9.17, 15) is 19.1 Å². The molecule has 33 heavy (non-hydrogen) atoms. The summed E-state index contributed by atoms with van der Waals surface area (Å²) in [6.07, 6.45) is 4.63. The molecule has 1 aliphatic heterocycles. The van der Waals surface area contributed by atoms with Crippen molar-refractivity contribution in [2.24, 2.45) is 0 Å². The first-order valence-corrected chi connectivity index (χ1v) is 11.3. The molecule has 2 aromatic carbocycles. The minimum absolute atomic E-state index is 0.0371. The van der Waals surface area contributed by atoms with Crippen LogP contribution in [0.2, 0.25) is 0 Å². The van der Waals surface area contributed by atoms with Gasteiger partial charge in [-0.2, -0.15) is 0 Å². The third kappa shape index (κ3) is 4.32. The van der Waals surface area contributed by atoms with Crippen molar-refractivity contribution in [3.05, 3.63) is 65.0 Å². The van der Waals surface area contributed by atoms with Crippen LogP contribution < -0.4 is 9.47 Å². The number of halogens is 1. The average Bonchev–Trinajstić information content (AvgIpc) is 3.10. The monoisotopic (exact) mass is 453 g/mol. The normalized spacial score (nSPS) is 20.8. The van der Waals surface area contributed by atoms with Gasteiger partial charge in [-0.15, -0.1) is 0 Å². The SMILES string of the molecule is CCOc1ccc(C2/C(=C(\O)c3cc(F)ccc3OC)C(=O)C(=O)N2C2CCCCC2)cc1. The van der Waals surface area contributed by atoms with Gasteiger partial charge in [0.1, 0.15) is 23.1 Å². The second-order valence-corrected chi connectivity index (χ2v) is 8.34. The van der Waals surface area contributed by atoms with E-state index in [1.165, 1.54) is 19.2 Å². The lowest BCUT2D eigenvalue weighted by molar-refractivity contribution is -0.141. The molecule has 1 aliphatic carbocycles. The number of ether oxygens (including phenoxy) is 2. The minimum atomic E-state index is -0.781. The number of ketones is 1. The van der Waals surface area contributed by atoms with Crippen LogP contribution >= 0.6 is 0 Å². The minimum Gasteiger partial charge on any atom is -0.507 e. The van der Waals surface area contributed by atoms with Crippen molar-refractivity contribution in [2.75, 3.05) is 13.7 Å². The van der Waals surface area contributed by atoms with Crippen LogP contribution in [-0.4, -0.2) is 41.5 Å². The van der Waals surface area contributed by atoms with Crippen molar-refractivity contribution in [1.82, 2.24) is 4.90 Å². The van der Waals surface area contributed by atoms with Crippen LogP contribution in [0.3, 0.4) is 0 Å². The van der Waals surface area contributed by atoms with Gasteiger partial charge in [0.15, 0.2) is 0 Å². The topological polar surface area (TPSA) is 76.1 Å². The smallest absolute Gasteiger partial charge is 0.295 e. The number of likely N-dealkylation sites (tertiary alicyclic amines) is 1. The lowest BCUT2D eigenvalue weighted by Gasteiger charge is -2.35. The van der Waals surface area contributed by atoms with Crippen LogP contribution in [0.5, 0.6) is 11.5 Å². The second kappa shape index (κ2) is 9.65. The van der Waals surface area contributed by atoms with Crippen molar-refractivity contribution in [3.8, 4) is 11.5 Å². The van der Waals surface area contributed by atoms with Crippen LogP contribution in [0.4, 0.5) is 4.39 Å². The van der Waals surface area contributed by atoms with Crippen LogP contribution in [-0.2, 0) is 9.59 Å². The van der Waals surface area contributed by atoms with Gasteiger partial charge in [0.2, 0.25) is 0 Å². The summed E-state index contributed by atoms with van der Waals surface area (Å²) < 4.78 is 24.9. The van der Waals surface area contributed by atoms with E-state index in [4.69, 9.17) is 9.47 Å². The fourth-order valence-electron chi connectivity index (χ4n) is 4.84. The molecule has 1 N–H and O–H groups in total. The Morgan fingerprint density at radius 2 is 1.79 bits per heavy atom. The number of hydrogen-bond acceptors (Lipinski definition) is 5. The molecule has 1 unspecified atom stereocenters. The molecule has 2 aromatic rings. The third-order valence-corrected chi connectivity index (χ3v) is 6.37. The number of aliphatic hydroxyl groups is 1. The zero-order chi connectivity index (χ0) is 23.5. The standard InChI is InChI=1S/C26H28FNO5/c1-3-33-19-12-9-16(10-13-19)23-22(24(29)20-15-17(27)11-14-21(20)32-2)25(30)26(31)28(23)18-7-5-4-6-8-18/h9-15,18,23,29H,3-8H2,1-2H3/b24-22+. The van der Waals surface area contributed by atoms with Crippen LogP contribution in [0.25, 0.3) is 5.76 Å². The van der Waals surface area contributed by atoms with Gasteiger partial charge in [0.05, 0.1) is 30.9 Å². The van der Waals surface area contributed by atoms with E-state index in [1.807, 2.05) is 6.92 Å². The Bertz CT molecular complexity index is 1070. The van der Waals surface area contributed by atoms with Gasteiger partial charge in [0.25, 0.3) is 11.7 Å². The van der Waals surface area contributed by atoms with E-state index in [0.29, 0.717) is 17.9 Å². The Kier molecular flexibility index (Phi) is 6.67. The van der Waals surface area contributed by atoms with Crippen LogP contribution in [0.1, 0.15) is 56.2 Å². The van der Waals surface area contributed by atoms with Gasteiger partial charge in [-0.1, -0.05) is 31.4 Å². The molecule has 4 rings (SSSR count). The molecule has 1 heterocycles. The Hall–Kier alpha value is -3.35. The van der Waals surface area contributed by atoms with Gasteiger partial charge in [-0.3, -0.25) is 9.59 Å². The average molecular weight is 454 g/mol. The molecular formula is C26H28FNO5. The summed E-state index contributed by atoms with van der Waals surface area (Å²) in [7, 11) is 1.40. The Morgan fingerprint density at radius 3 is 2.42 bits per heavy atom. The van der Waals surface area contributed by atoms with E-state index < -0.39 is 29.3 Å². The van der Waals surface area contributed by atoms with E-state index in [1.54, 1.807) is 29.2 Å². The number of amides is 1. The maximum absolute atomic E-state index is 14.0. The molecule has 1 saturated heterocycles. The van der Waals surface area contributed by atoms with Gasteiger partial charge >= 0.3 is 0 Å². The highest BCUT2D eigenvalue weighted by Crippen LogP contribution is 2.44. The summed E-state index contributed by atoms with van der Waals surface area (Å²) in [5, 5.41) is 11.2. The van der Waals surface area contributed by atoms with E-state index >= 15 is 0 Å². The molecule has 0 aromatic heterocycles. The number of benzene rings is 2. The first-order chi connectivity index (χ1) is 16.0. The van der Waals surface area contributed by atoms with Crippen molar-refractivity contribution >= 4 is 17.4 Å². The number of aliphatic hydroxyl groups excluding tert-OH is 1. The molecule has 7 heteroatoms. The molecule has 6 nitrogen and oxygen atoms in total. The maximum Gasteiger partial charge on any atom is 0.295 e. The molecule has 2 fully saturated rings. The highest BCUT2D eigenvalue weighted by Gasteiger charge is 2.49. The summed E-state index contributed by atoms with van der Waals surface area (Å²) in [5.41, 5.74) is 0.661. The molecule has 1 atom stereocenters. The van der Waals surface area contributed by atoms with E-state index in [-0.39, 0.29) is 22.9 Å². The Labute approximate surface area is 192 Å². The van der Waals surface area contributed by atoms with Crippen molar-refractivity contribution in [1.29, 1.82) is 0 Å². The molecular weight excluding hydrogens is 425 g/mol. The Balaban J connectivity index is 1.88. The maximum atomic E-state index is 14.0. The number of rotatable bonds is 6. The summed E-state index contributed by atoms with van der Waals surface area (Å²) >= 11 is 0. The zero-order valence-corrected chi connectivity index (χ0v) is 18.8. The summed E-state index contributed by atoms with van der Waals surface area (Å²) in [6, 6.07) is 9.97. The molecule has 0 radical (unpaired) electrons. The number of carbonyl (C=O) groups is 2. The quantitative estimate of drug-likeness (QED) is 0.379. The summed E-state index contributed by atoms with van der Waals surface area (Å²) in [6.45, 7) is 2.40. The molecule has 2 aliphatic rings. The lowest BCUT2D eigenvalue weighted by Crippen LogP contribution is -2.40. The van der Waals surface area contributed by atoms with Crippen molar-refractivity contribution in [2.45, 2.75) is 51.1 Å². The molecule has 0 bridgehead atoms. The zero-order valence-electron chi connectivity index (χ0n) is 18.8. The van der Waals surface area contributed by atoms with Crippen LogP contribution in [0, 0.1) is 5.82 Å². The summed E-state index contributed by atoms with van der Waals surface area (Å²) in [4.78, 5) is 28.1. The van der Waals surface area contributed by atoms with Gasteiger partial charge in [0, 0.05) is 6.04 Å². The number of nitrogens with zero attached hydrogens (tertiary/aromatic N) is 1. The predicted molar refractivity (Wildman–Crippen MR) is 122 cm³/mol. The molecule has 0 spiro atoms. The number of Topliss-reactive ketones (excluding diaryl/α,β-unsaturated/α-hetero) is 1. The molecule has 1 saturated carbocycles. The highest BCUT2D eigenvalue weighted by atomic mass is 19.1. The van der Waals surface area contributed by atoms with Crippen molar-refractivity contribution < 1.29 is 28.6 Å². The second-order valence-electron chi connectivity index (χ2n) is 8.34. The molecule has 174 valence electrons. The number of hydrogen-bond donors (Lipinski definition) is 1. The number of carbonyl (C=O) groups excluding carboxylic acids is 2. The van der Waals surface area contributed by atoms with Gasteiger partial charge < -0.3 is 19.5 Å². The fourth-order valence-corrected chi connectivity index (χ4v) is 4.84. The first kappa shape index (κ1) is 22.8. The third-order valence-electron chi connectivity index (χ3n) is 6.37. The van der Waals surface area contributed by atoms with Crippen LogP contribution in [0.15, 0.2) is 48.0 Å². The fraction of sp³-hybridized carbons (Fsp3) is 0.385. The van der Waals surface area contributed by atoms with E-state index in [2.05, 4.69) is 0 Å². The van der Waals surface area contributed by atoms with Gasteiger partial charge in [-0.05, 0) is 55.7 Å². The van der Waals surface area contributed by atoms with Crippen molar-refractivity contribution in [3.63, 3.8) is 0 Å². The van der Waals surface area contributed by atoms with Gasteiger partial charge in [-0.25, -0.2) is 4.39 Å². The highest BCUT2D eigenvalue weighted by molar-refractivity contribution is 6.46. The number of methoxy groups -OCH3 is 1. The predicted octanol–water partition coefficient (Wildman–Crippen LogP) is 4.99. The van der Waals surface area contributed by atoms with E-state index in [0.717, 1.165) is 38.2 Å². The summed E-state index contributed by atoms with van der Waals surface area (Å²) in [5.74, 6) is -1.56. The molecule has 1 amide bonds.